The van der Waals surface area contributed by atoms with Crippen molar-refractivity contribution in [2.24, 2.45) is 5.92 Å². The van der Waals surface area contributed by atoms with Crippen LogP contribution in [0.15, 0.2) is 0 Å². The molecule has 0 spiro atoms. The highest BCUT2D eigenvalue weighted by Crippen LogP contribution is 2.33. The van der Waals surface area contributed by atoms with Crippen molar-refractivity contribution < 1.29 is 4.79 Å². The third kappa shape index (κ3) is 4.22. The smallest absolute Gasteiger partial charge is 0.276 e. The summed E-state index contributed by atoms with van der Waals surface area (Å²) in [4.78, 5) is 15.3. The van der Waals surface area contributed by atoms with Gasteiger partial charge >= 0.3 is 0 Å². The molecule has 0 radical (unpaired) electrons. The van der Waals surface area contributed by atoms with Gasteiger partial charge < -0.3 is 10.2 Å². The van der Waals surface area contributed by atoms with E-state index < -0.39 is 0 Å². The minimum Gasteiger partial charge on any atom is -0.334 e. The van der Waals surface area contributed by atoms with Crippen LogP contribution in [0.4, 0.5) is 0 Å². The van der Waals surface area contributed by atoms with E-state index in [9.17, 15) is 4.79 Å². The Morgan fingerprint density at radius 3 is 2.46 bits per heavy atom. The summed E-state index contributed by atoms with van der Waals surface area (Å²) in [5.41, 5.74) is 1.53. The number of nitrogens with one attached hydrogen (secondary N) is 1. The molecule has 1 aliphatic heterocycles. The van der Waals surface area contributed by atoms with Gasteiger partial charge in [-0.15, -0.1) is 17.5 Å². The number of aromatic nitrogens is 3. The molecule has 6 nitrogen and oxygen atoms in total. The molecule has 26 heavy (non-hydrogen) atoms. The summed E-state index contributed by atoms with van der Waals surface area (Å²) in [5, 5.41) is 12.1. The van der Waals surface area contributed by atoms with Gasteiger partial charge in [-0.1, -0.05) is 24.5 Å². The maximum Gasteiger partial charge on any atom is 0.276 e. The largest absolute Gasteiger partial charge is 0.334 e. The number of amides is 1. The van der Waals surface area contributed by atoms with Gasteiger partial charge in [-0.3, -0.25) is 4.79 Å². The highest BCUT2D eigenvalue weighted by molar-refractivity contribution is 5.93. The second kappa shape index (κ2) is 8.70. The minimum absolute atomic E-state index is 0. The fourth-order valence-electron chi connectivity index (χ4n) is 4.50. The number of rotatable bonds is 5. The van der Waals surface area contributed by atoms with Crippen molar-refractivity contribution in [2.45, 2.75) is 76.8 Å². The molecular formula is C19H32ClN5O. The first-order chi connectivity index (χ1) is 12.2. The lowest BCUT2D eigenvalue weighted by Crippen LogP contribution is -2.38. The Morgan fingerprint density at radius 2 is 1.81 bits per heavy atom. The lowest BCUT2D eigenvalue weighted by molar-refractivity contribution is 0.0692. The first-order valence-electron chi connectivity index (χ1n) is 10.2. The molecule has 1 aromatic heterocycles. The summed E-state index contributed by atoms with van der Waals surface area (Å²) in [6.07, 6.45) is 11.0. The van der Waals surface area contributed by atoms with Crippen molar-refractivity contribution >= 4 is 18.3 Å². The summed E-state index contributed by atoms with van der Waals surface area (Å²) in [7, 11) is 0. The summed E-state index contributed by atoms with van der Waals surface area (Å²) in [6.45, 7) is 4.97. The van der Waals surface area contributed by atoms with Gasteiger partial charge in [0.2, 0.25) is 0 Å². The first-order valence-corrected chi connectivity index (χ1v) is 10.2. The van der Waals surface area contributed by atoms with E-state index in [1.54, 1.807) is 0 Å². The van der Waals surface area contributed by atoms with E-state index in [1.807, 2.05) is 11.6 Å². The van der Waals surface area contributed by atoms with E-state index in [-0.39, 0.29) is 18.3 Å². The lowest BCUT2D eigenvalue weighted by atomic mass is 9.89. The van der Waals surface area contributed by atoms with Gasteiger partial charge in [0.05, 0.1) is 11.7 Å². The van der Waals surface area contributed by atoms with Gasteiger partial charge in [-0.05, 0) is 64.5 Å². The van der Waals surface area contributed by atoms with Crippen LogP contribution in [-0.2, 0) is 0 Å². The van der Waals surface area contributed by atoms with E-state index in [4.69, 9.17) is 0 Å². The molecule has 0 bridgehead atoms. The highest BCUT2D eigenvalue weighted by atomic mass is 35.5. The van der Waals surface area contributed by atoms with Crippen LogP contribution in [0.5, 0.6) is 0 Å². The summed E-state index contributed by atoms with van der Waals surface area (Å²) in [5.74, 6) is 0.795. The highest BCUT2D eigenvalue weighted by Gasteiger charge is 2.37. The average Bonchev–Trinajstić information content (AvgIpc) is 3.42. The Morgan fingerprint density at radius 1 is 1.12 bits per heavy atom. The van der Waals surface area contributed by atoms with Crippen molar-refractivity contribution in [3.05, 3.63) is 11.4 Å². The third-order valence-corrected chi connectivity index (χ3v) is 6.21. The van der Waals surface area contributed by atoms with Gasteiger partial charge in [-0.2, -0.15) is 0 Å². The first kappa shape index (κ1) is 19.6. The second-order valence-electron chi connectivity index (χ2n) is 8.14. The Balaban J connectivity index is 0.00000196. The average molecular weight is 382 g/mol. The lowest BCUT2D eigenvalue weighted by Gasteiger charge is -2.29. The number of carbonyl (C=O) groups excluding carboxylic acids is 1. The van der Waals surface area contributed by atoms with Crippen LogP contribution in [0.25, 0.3) is 0 Å². The van der Waals surface area contributed by atoms with Gasteiger partial charge in [0.15, 0.2) is 5.69 Å². The van der Waals surface area contributed by atoms with E-state index >= 15 is 0 Å². The zero-order valence-corrected chi connectivity index (χ0v) is 16.6. The molecule has 2 heterocycles. The summed E-state index contributed by atoms with van der Waals surface area (Å²) >= 11 is 0. The molecule has 2 saturated carbocycles. The van der Waals surface area contributed by atoms with Crippen molar-refractivity contribution in [3.8, 4) is 0 Å². The Bertz CT molecular complexity index is 603. The predicted molar refractivity (Wildman–Crippen MR) is 104 cm³/mol. The van der Waals surface area contributed by atoms with Gasteiger partial charge in [0.25, 0.3) is 5.91 Å². The maximum absolute atomic E-state index is 13.2. The molecule has 7 heteroatoms. The van der Waals surface area contributed by atoms with E-state index in [0.717, 1.165) is 51.0 Å². The number of piperidine rings is 1. The van der Waals surface area contributed by atoms with Gasteiger partial charge in [0.1, 0.15) is 0 Å². The van der Waals surface area contributed by atoms with Crippen LogP contribution in [-0.4, -0.2) is 51.5 Å². The van der Waals surface area contributed by atoms with Gasteiger partial charge in [0, 0.05) is 12.6 Å². The van der Waals surface area contributed by atoms with Crippen molar-refractivity contribution in [2.75, 3.05) is 19.6 Å². The molecule has 1 aromatic rings. The number of hydrogen-bond acceptors (Lipinski definition) is 4. The molecule has 0 atom stereocenters. The van der Waals surface area contributed by atoms with E-state index in [0.29, 0.717) is 23.7 Å². The summed E-state index contributed by atoms with van der Waals surface area (Å²) < 4.78 is 2.00. The number of nitrogens with zero attached hydrogens (tertiary/aromatic N) is 4. The minimum atomic E-state index is 0. The van der Waals surface area contributed by atoms with Crippen LogP contribution in [0.1, 0.15) is 80.0 Å². The second-order valence-corrected chi connectivity index (χ2v) is 8.14. The fraction of sp³-hybridized carbons (Fsp3) is 0.842. The van der Waals surface area contributed by atoms with E-state index in [2.05, 4.69) is 20.5 Å². The summed E-state index contributed by atoms with van der Waals surface area (Å²) in [6, 6.07) is 0.820. The van der Waals surface area contributed by atoms with Crippen LogP contribution in [0, 0.1) is 12.8 Å². The molecule has 0 aromatic carbocycles. The monoisotopic (exact) mass is 381 g/mol. The number of halogens is 1. The number of carbonyl (C=O) groups is 1. The molecular weight excluding hydrogens is 350 g/mol. The molecule has 2 aliphatic carbocycles. The zero-order chi connectivity index (χ0) is 17.2. The number of hydrogen-bond donors (Lipinski definition) is 1. The Kier molecular flexibility index (Phi) is 6.56. The quantitative estimate of drug-likeness (QED) is 0.851. The van der Waals surface area contributed by atoms with Crippen LogP contribution < -0.4 is 5.32 Å². The normalized spacial score (nSPS) is 22.0. The molecule has 0 unspecified atom stereocenters. The van der Waals surface area contributed by atoms with Gasteiger partial charge in [-0.25, -0.2) is 4.68 Å². The van der Waals surface area contributed by atoms with Crippen LogP contribution in [0.3, 0.4) is 0 Å². The molecule has 4 rings (SSSR count). The molecule has 146 valence electrons. The molecule has 1 saturated heterocycles. The predicted octanol–water partition coefficient (Wildman–Crippen LogP) is 3.12. The third-order valence-electron chi connectivity index (χ3n) is 6.21. The topological polar surface area (TPSA) is 63.1 Å². The van der Waals surface area contributed by atoms with Crippen molar-refractivity contribution in [1.82, 2.24) is 25.2 Å². The Labute approximate surface area is 162 Å². The van der Waals surface area contributed by atoms with Crippen LogP contribution >= 0.6 is 12.4 Å². The van der Waals surface area contributed by atoms with Crippen molar-refractivity contribution in [1.29, 1.82) is 0 Å². The van der Waals surface area contributed by atoms with Crippen LogP contribution in [0.2, 0.25) is 0 Å². The molecule has 3 fully saturated rings. The zero-order valence-electron chi connectivity index (χ0n) is 15.8. The molecule has 1 amide bonds. The standard InChI is InChI=1S/C19H31N5O.ClH/c1-14-18(21-22-24(14)17-9-11-20-12-10-17)19(25)23(16-7-8-16)13-15-5-3-2-4-6-15;/h15-17,20H,2-13H2,1H3;1H. The fourth-order valence-corrected chi connectivity index (χ4v) is 4.50. The Hall–Kier alpha value is -1.14. The van der Waals surface area contributed by atoms with E-state index in [1.165, 1.54) is 32.1 Å². The SMILES string of the molecule is Cc1c(C(=O)N(CC2CCCCC2)C2CC2)nnn1C1CCNCC1.Cl. The maximum atomic E-state index is 13.2. The molecule has 1 N–H and O–H groups in total. The molecule has 3 aliphatic rings. The van der Waals surface area contributed by atoms with Crippen molar-refractivity contribution in [3.63, 3.8) is 0 Å².